The SMILES string of the molecule is CC(C)c1cc(N(CCCN)c2ccccc2F)ncn1. The molecule has 2 aromatic rings. The smallest absolute Gasteiger partial charge is 0.146 e. The van der Waals surface area contributed by atoms with Gasteiger partial charge in [-0.2, -0.15) is 0 Å². The Labute approximate surface area is 124 Å². The molecule has 1 aromatic heterocycles. The second kappa shape index (κ2) is 7.13. The fraction of sp³-hybridized carbons (Fsp3) is 0.375. The Morgan fingerprint density at radius 1 is 1.24 bits per heavy atom. The zero-order valence-electron chi connectivity index (χ0n) is 12.5. The highest BCUT2D eigenvalue weighted by Crippen LogP contribution is 2.27. The zero-order chi connectivity index (χ0) is 15.2. The molecule has 0 aliphatic carbocycles. The van der Waals surface area contributed by atoms with Gasteiger partial charge >= 0.3 is 0 Å². The Balaban J connectivity index is 2.40. The van der Waals surface area contributed by atoms with Gasteiger partial charge in [-0.15, -0.1) is 0 Å². The Bertz CT molecular complexity index is 586. The summed E-state index contributed by atoms with van der Waals surface area (Å²) in [4.78, 5) is 10.4. The Morgan fingerprint density at radius 3 is 2.67 bits per heavy atom. The van der Waals surface area contributed by atoms with Crippen molar-refractivity contribution in [2.24, 2.45) is 5.73 Å². The number of nitrogens with two attached hydrogens (primary N) is 1. The van der Waals surface area contributed by atoms with E-state index < -0.39 is 0 Å². The van der Waals surface area contributed by atoms with Crippen molar-refractivity contribution in [1.82, 2.24) is 9.97 Å². The quantitative estimate of drug-likeness (QED) is 0.886. The van der Waals surface area contributed by atoms with Crippen LogP contribution in [0.15, 0.2) is 36.7 Å². The molecule has 0 radical (unpaired) electrons. The fourth-order valence-corrected chi connectivity index (χ4v) is 2.10. The summed E-state index contributed by atoms with van der Waals surface area (Å²) in [5.41, 5.74) is 7.05. The van der Waals surface area contributed by atoms with Crippen molar-refractivity contribution < 1.29 is 4.39 Å². The van der Waals surface area contributed by atoms with Gasteiger partial charge in [0.1, 0.15) is 18.0 Å². The molecular formula is C16H21FN4. The van der Waals surface area contributed by atoms with E-state index in [4.69, 9.17) is 5.73 Å². The first-order valence-corrected chi connectivity index (χ1v) is 7.17. The molecule has 1 aromatic carbocycles. The summed E-state index contributed by atoms with van der Waals surface area (Å²) in [6.45, 7) is 5.30. The zero-order valence-corrected chi connectivity index (χ0v) is 12.5. The highest BCUT2D eigenvalue weighted by Gasteiger charge is 2.15. The van der Waals surface area contributed by atoms with Crippen LogP contribution in [0.1, 0.15) is 31.9 Å². The maximum Gasteiger partial charge on any atom is 0.146 e. The number of rotatable bonds is 6. The summed E-state index contributed by atoms with van der Waals surface area (Å²) in [5.74, 6) is 0.732. The molecule has 2 rings (SSSR count). The van der Waals surface area contributed by atoms with E-state index in [-0.39, 0.29) is 5.82 Å². The van der Waals surface area contributed by atoms with Crippen molar-refractivity contribution in [1.29, 1.82) is 0 Å². The van der Waals surface area contributed by atoms with Crippen LogP contribution in [0, 0.1) is 5.82 Å². The third-order valence-electron chi connectivity index (χ3n) is 3.27. The molecule has 0 fully saturated rings. The minimum atomic E-state index is -0.265. The first-order valence-electron chi connectivity index (χ1n) is 7.17. The lowest BCUT2D eigenvalue weighted by Gasteiger charge is -2.24. The molecule has 0 saturated carbocycles. The number of halogens is 1. The van der Waals surface area contributed by atoms with Gasteiger partial charge in [0.25, 0.3) is 0 Å². The Hall–Kier alpha value is -2.01. The predicted molar refractivity (Wildman–Crippen MR) is 83.2 cm³/mol. The number of hydrogen-bond acceptors (Lipinski definition) is 4. The van der Waals surface area contributed by atoms with E-state index in [1.807, 2.05) is 17.0 Å². The van der Waals surface area contributed by atoms with Crippen molar-refractivity contribution in [2.75, 3.05) is 18.0 Å². The second-order valence-corrected chi connectivity index (χ2v) is 5.20. The van der Waals surface area contributed by atoms with Crippen LogP contribution in [0.5, 0.6) is 0 Å². The van der Waals surface area contributed by atoms with E-state index in [9.17, 15) is 4.39 Å². The lowest BCUT2D eigenvalue weighted by Crippen LogP contribution is -2.23. The summed E-state index contributed by atoms with van der Waals surface area (Å²) >= 11 is 0. The molecule has 2 N–H and O–H groups in total. The average Bonchev–Trinajstić information content (AvgIpc) is 2.49. The standard InChI is InChI=1S/C16H21FN4/c1-12(2)14-10-16(20-11-19-14)21(9-5-8-18)15-7-4-3-6-13(15)17/h3-4,6-7,10-12H,5,8-9,18H2,1-2H3. The molecule has 0 bridgehead atoms. The molecule has 1 heterocycles. The lowest BCUT2D eigenvalue weighted by atomic mass is 10.1. The first-order chi connectivity index (χ1) is 10.1. The second-order valence-electron chi connectivity index (χ2n) is 5.20. The van der Waals surface area contributed by atoms with Crippen LogP contribution in [0.3, 0.4) is 0 Å². The number of hydrogen-bond donors (Lipinski definition) is 1. The van der Waals surface area contributed by atoms with E-state index in [0.717, 1.165) is 12.1 Å². The highest BCUT2D eigenvalue weighted by molar-refractivity contribution is 5.60. The van der Waals surface area contributed by atoms with E-state index in [0.29, 0.717) is 30.5 Å². The Kier molecular flexibility index (Phi) is 5.22. The summed E-state index contributed by atoms with van der Waals surface area (Å²) in [6.07, 6.45) is 2.29. The Morgan fingerprint density at radius 2 is 2.00 bits per heavy atom. The van der Waals surface area contributed by atoms with Gasteiger partial charge in [0, 0.05) is 18.3 Å². The number of nitrogens with zero attached hydrogens (tertiary/aromatic N) is 3. The van der Waals surface area contributed by atoms with Crippen LogP contribution in [0.2, 0.25) is 0 Å². The van der Waals surface area contributed by atoms with Crippen LogP contribution in [-0.4, -0.2) is 23.1 Å². The van der Waals surface area contributed by atoms with Crippen LogP contribution in [0.25, 0.3) is 0 Å². The molecule has 0 spiro atoms. The third kappa shape index (κ3) is 3.76. The number of para-hydroxylation sites is 1. The summed E-state index contributed by atoms with van der Waals surface area (Å²) < 4.78 is 14.1. The van der Waals surface area contributed by atoms with E-state index >= 15 is 0 Å². The van der Waals surface area contributed by atoms with Gasteiger partial charge in [-0.25, -0.2) is 14.4 Å². The van der Waals surface area contributed by atoms with Crippen molar-refractivity contribution in [3.05, 3.63) is 48.2 Å². The van der Waals surface area contributed by atoms with Gasteiger partial charge in [0.15, 0.2) is 0 Å². The fourth-order valence-electron chi connectivity index (χ4n) is 2.10. The topological polar surface area (TPSA) is 55.0 Å². The van der Waals surface area contributed by atoms with Crippen molar-refractivity contribution in [3.8, 4) is 0 Å². The van der Waals surface area contributed by atoms with Gasteiger partial charge in [-0.1, -0.05) is 26.0 Å². The molecule has 5 heteroatoms. The molecule has 0 aliphatic heterocycles. The molecule has 0 unspecified atom stereocenters. The van der Waals surface area contributed by atoms with Gasteiger partial charge in [-0.3, -0.25) is 0 Å². The van der Waals surface area contributed by atoms with Crippen LogP contribution in [0.4, 0.5) is 15.9 Å². The molecule has 0 amide bonds. The van der Waals surface area contributed by atoms with Gasteiger partial charge < -0.3 is 10.6 Å². The average molecular weight is 288 g/mol. The first kappa shape index (κ1) is 15.4. The molecule has 112 valence electrons. The summed E-state index contributed by atoms with van der Waals surface area (Å²) in [5, 5.41) is 0. The van der Waals surface area contributed by atoms with Crippen molar-refractivity contribution in [3.63, 3.8) is 0 Å². The van der Waals surface area contributed by atoms with E-state index in [1.54, 1.807) is 12.1 Å². The minimum Gasteiger partial charge on any atom is -0.330 e. The predicted octanol–water partition coefficient (Wildman–Crippen LogP) is 3.23. The summed E-state index contributed by atoms with van der Waals surface area (Å²) in [7, 11) is 0. The molecule has 21 heavy (non-hydrogen) atoms. The molecule has 0 atom stereocenters. The van der Waals surface area contributed by atoms with Crippen LogP contribution >= 0.6 is 0 Å². The van der Waals surface area contributed by atoms with E-state index in [2.05, 4.69) is 23.8 Å². The highest BCUT2D eigenvalue weighted by atomic mass is 19.1. The number of benzene rings is 1. The normalized spacial score (nSPS) is 10.9. The van der Waals surface area contributed by atoms with Gasteiger partial charge in [0.05, 0.1) is 5.69 Å². The van der Waals surface area contributed by atoms with Crippen LogP contribution < -0.4 is 10.6 Å². The van der Waals surface area contributed by atoms with Crippen LogP contribution in [-0.2, 0) is 0 Å². The lowest BCUT2D eigenvalue weighted by molar-refractivity contribution is 0.622. The molecule has 4 nitrogen and oxygen atoms in total. The van der Waals surface area contributed by atoms with E-state index in [1.165, 1.54) is 12.4 Å². The molecule has 0 saturated heterocycles. The molecule has 0 aliphatic rings. The van der Waals surface area contributed by atoms with Gasteiger partial charge in [0.2, 0.25) is 0 Å². The maximum absolute atomic E-state index is 14.1. The monoisotopic (exact) mass is 288 g/mol. The summed E-state index contributed by atoms with van der Waals surface area (Å²) in [6, 6.07) is 8.61. The third-order valence-corrected chi connectivity index (χ3v) is 3.27. The van der Waals surface area contributed by atoms with Gasteiger partial charge in [-0.05, 0) is 31.0 Å². The number of anilines is 2. The largest absolute Gasteiger partial charge is 0.330 e. The molecular weight excluding hydrogens is 267 g/mol. The minimum absolute atomic E-state index is 0.265. The number of aromatic nitrogens is 2. The van der Waals surface area contributed by atoms with Crippen molar-refractivity contribution in [2.45, 2.75) is 26.2 Å². The van der Waals surface area contributed by atoms with Crippen molar-refractivity contribution >= 4 is 11.5 Å². The maximum atomic E-state index is 14.1.